The van der Waals surface area contributed by atoms with E-state index < -0.39 is 5.97 Å². The first-order valence-corrected chi connectivity index (χ1v) is 10.2. The molecule has 2 atom stereocenters. The molecule has 7 heteroatoms. The summed E-state index contributed by atoms with van der Waals surface area (Å²) in [6, 6.07) is 6.01. The molecule has 3 aliphatic rings. The molecule has 0 amide bonds. The highest BCUT2D eigenvalue weighted by Crippen LogP contribution is 2.46. The molecule has 0 saturated heterocycles. The first kappa shape index (κ1) is 17.0. The zero-order valence-electron chi connectivity index (χ0n) is 13.9. The number of fused-ring (bicyclic) bond motifs is 3. The molecule has 25 heavy (non-hydrogen) atoms. The second kappa shape index (κ2) is 6.68. The molecule has 0 spiro atoms. The minimum atomic E-state index is -0.686. The van der Waals surface area contributed by atoms with Gasteiger partial charge in [0.15, 0.2) is 4.73 Å². The molecule has 3 fully saturated rings. The predicted octanol–water partition coefficient (Wildman–Crippen LogP) is 4.58. The van der Waals surface area contributed by atoms with Crippen molar-refractivity contribution in [3.63, 3.8) is 0 Å². The van der Waals surface area contributed by atoms with Gasteiger partial charge in [0.05, 0.1) is 16.5 Å². The molecular weight excluding hydrogens is 402 g/mol. The van der Waals surface area contributed by atoms with Gasteiger partial charge in [-0.3, -0.25) is 4.79 Å². The molecule has 0 aliphatic heterocycles. The summed E-state index contributed by atoms with van der Waals surface area (Å²) in [4.78, 5) is 23.1. The van der Waals surface area contributed by atoms with Crippen molar-refractivity contribution in [3.8, 4) is 10.6 Å². The van der Waals surface area contributed by atoms with Crippen LogP contribution < -0.4 is 5.32 Å². The quantitative estimate of drug-likeness (QED) is 0.706. The lowest BCUT2D eigenvalue weighted by molar-refractivity contribution is -0.148. The van der Waals surface area contributed by atoms with Crippen LogP contribution >= 0.6 is 27.3 Å². The second-order valence-electron chi connectivity index (χ2n) is 7.03. The fraction of sp³-hybridized carbons (Fsp3) is 0.500. The highest BCUT2D eigenvalue weighted by atomic mass is 79.9. The standard InChI is InChI=1S/C18H20BrN3O2S/c1-9-2-7-13(25-9)12-8-14(22-18(19)20-12)21-16-11-5-3-10(4-6-11)15(16)17(23)24/h2,7-8,10-11,15-16H,3-6H2,1H3,(H,23,24)(H,20,21,22). The zero-order valence-corrected chi connectivity index (χ0v) is 16.3. The maximum atomic E-state index is 11.8. The summed E-state index contributed by atoms with van der Waals surface area (Å²) in [6.45, 7) is 2.07. The number of carbonyl (C=O) groups is 1. The second-order valence-corrected chi connectivity index (χ2v) is 9.02. The summed E-state index contributed by atoms with van der Waals surface area (Å²) in [6.07, 6.45) is 4.28. The van der Waals surface area contributed by atoms with Crippen LogP contribution in [0.4, 0.5) is 5.82 Å². The van der Waals surface area contributed by atoms with Gasteiger partial charge in [-0.2, -0.15) is 0 Å². The van der Waals surface area contributed by atoms with E-state index in [9.17, 15) is 9.90 Å². The Kier molecular flexibility index (Phi) is 4.54. The smallest absolute Gasteiger partial charge is 0.308 e. The minimum Gasteiger partial charge on any atom is -0.481 e. The molecule has 2 aromatic heterocycles. The number of nitrogens with zero attached hydrogens (tertiary/aromatic N) is 2. The molecule has 0 aromatic carbocycles. The largest absolute Gasteiger partial charge is 0.481 e. The van der Waals surface area contributed by atoms with Crippen molar-refractivity contribution in [2.75, 3.05) is 5.32 Å². The number of halogens is 1. The predicted molar refractivity (Wildman–Crippen MR) is 102 cm³/mol. The van der Waals surface area contributed by atoms with E-state index in [0.717, 1.165) is 36.3 Å². The van der Waals surface area contributed by atoms with E-state index in [1.165, 1.54) is 4.88 Å². The number of aryl methyl sites for hydroxylation is 1. The van der Waals surface area contributed by atoms with Crippen LogP contribution in [0.2, 0.25) is 0 Å². The van der Waals surface area contributed by atoms with Gasteiger partial charge in [0.25, 0.3) is 0 Å². The van der Waals surface area contributed by atoms with Gasteiger partial charge < -0.3 is 10.4 Å². The van der Waals surface area contributed by atoms with E-state index >= 15 is 0 Å². The average Bonchev–Trinajstić information content (AvgIpc) is 3.01. The Morgan fingerprint density at radius 1 is 1.24 bits per heavy atom. The molecule has 2 unspecified atom stereocenters. The van der Waals surface area contributed by atoms with Crippen molar-refractivity contribution in [3.05, 3.63) is 27.8 Å². The molecule has 2 bridgehead atoms. The molecule has 2 heterocycles. The molecular formula is C18H20BrN3O2S. The average molecular weight is 422 g/mol. The van der Waals surface area contributed by atoms with Gasteiger partial charge >= 0.3 is 5.97 Å². The molecule has 132 valence electrons. The van der Waals surface area contributed by atoms with Gasteiger partial charge in [-0.05, 0) is 72.5 Å². The number of rotatable bonds is 4. The Bertz CT molecular complexity index is 801. The summed E-state index contributed by atoms with van der Waals surface area (Å²) in [7, 11) is 0. The number of hydrogen-bond donors (Lipinski definition) is 2. The Morgan fingerprint density at radius 3 is 2.60 bits per heavy atom. The minimum absolute atomic E-state index is 0.0512. The molecule has 3 aliphatic carbocycles. The number of aliphatic carboxylic acids is 1. The molecule has 2 N–H and O–H groups in total. The van der Waals surface area contributed by atoms with E-state index in [4.69, 9.17) is 0 Å². The topological polar surface area (TPSA) is 75.1 Å². The Balaban J connectivity index is 1.63. The van der Waals surface area contributed by atoms with E-state index in [1.54, 1.807) is 11.3 Å². The van der Waals surface area contributed by atoms with Crippen molar-refractivity contribution in [1.29, 1.82) is 0 Å². The molecule has 2 aromatic rings. The maximum Gasteiger partial charge on any atom is 0.308 e. The van der Waals surface area contributed by atoms with Crippen molar-refractivity contribution in [1.82, 2.24) is 9.97 Å². The van der Waals surface area contributed by atoms with Crippen LogP contribution in [0.1, 0.15) is 30.6 Å². The molecule has 5 nitrogen and oxygen atoms in total. The van der Waals surface area contributed by atoms with Gasteiger partial charge in [0.2, 0.25) is 0 Å². The molecule has 3 saturated carbocycles. The summed E-state index contributed by atoms with van der Waals surface area (Å²) in [5.41, 5.74) is 0.857. The van der Waals surface area contributed by atoms with E-state index in [-0.39, 0.29) is 17.9 Å². The van der Waals surface area contributed by atoms with Crippen LogP contribution in [-0.2, 0) is 4.79 Å². The summed E-state index contributed by atoms with van der Waals surface area (Å²) in [5.74, 6) is 0.381. The maximum absolute atomic E-state index is 11.8. The number of nitrogens with one attached hydrogen (secondary N) is 1. The lowest BCUT2D eigenvalue weighted by atomic mass is 9.61. The normalized spacial score (nSPS) is 28.1. The fourth-order valence-electron chi connectivity index (χ4n) is 4.37. The van der Waals surface area contributed by atoms with Crippen LogP contribution in [0, 0.1) is 24.7 Å². The van der Waals surface area contributed by atoms with Gasteiger partial charge in [-0.1, -0.05) is 0 Å². The van der Waals surface area contributed by atoms with Crippen molar-refractivity contribution in [2.45, 2.75) is 38.6 Å². The number of aromatic nitrogens is 2. The van der Waals surface area contributed by atoms with E-state index in [1.807, 2.05) is 6.07 Å². The van der Waals surface area contributed by atoms with Crippen LogP contribution in [0.3, 0.4) is 0 Å². The Hall–Kier alpha value is -1.47. The lowest BCUT2D eigenvalue weighted by Crippen LogP contribution is -2.51. The highest BCUT2D eigenvalue weighted by molar-refractivity contribution is 9.10. The first-order chi connectivity index (χ1) is 12.0. The fourth-order valence-corrected chi connectivity index (χ4v) is 5.58. The molecule has 5 rings (SSSR count). The van der Waals surface area contributed by atoms with Gasteiger partial charge in [-0.25, -0.2) is 9.97 Å². The van der Waals surface area contributed by atoms with Gasteiger partial charge in [0.1, 0.15) is 5.82 Å². The Morgan fingerprint density at radius 2 is 1.96 bits per heavy atom. The highest BCUT2D eigenvalue weighted by Gasteiger charge is 2.47. The van der Waals surface area contributed by atoms with Crippen LogP contribution in [0.5, 0.6) is 0 Å². The summed E-state index contributed by atoms with van der Waals surface area (Å²) >= 11 is 5.08. The number of carboxylic acids is 1. The number of anilines is 1. The van der Waals surface area contributed by atoms with Crippen molar-refractivity contribution >= 4 is 39.1 Å². The monoisotopic (exact) mass is 421 g/mol. The third-order valence-corrected chi connectivity index (χ3v) is 6.89. The number of thiophene rings is 1. The van der Waals surface area contributed by atoms with Crippen molar-refractivity contribution < 1.29 is 9.90 Å². The summed E-state index contributed by atoms with van der Waals surface area (Å²) in [5, 5.41) is 13.2. The lowest BCUT2D eigenvalue weighted by Gasteiger charge is -2.47. The third-order valence-electron chi connectivity index (χ3n) is 5.51. The SMILES string of the molecule is Cc1ccc(-c2cc(NC3C4CCC(CC4)C3C(=O)O)nc(Br)n2)s1. The van der Waals surface area contributed by atoms with E-state index in [2.05, 4.69) is 50.3 Å². The first-order valence-electron chi connectivity index (χ1n) is 8.62. The summed E-state index contributed by atoms with van der Waals surface area (Å²) < 4.78 is 0.520. The Labute approximate surface area is 159 Å². The van der Waals surface area contributed by atoms with Gasteiger partial charge in [-0.15, -0.1) is 11.3 Å². The van der Waals surface area contributed by atoms with Crippen LogP contribution in [0.25, 0.3) is 10.6 Å². The van der Waals surface area contributed by atoms with Crippen molar-refractivity contribution in [2.24, 2.45) is 17.8 Å². The molecule has 0 radical (unpaired) electrons. The number of carboxylic acid groups (broad SMARTS) is 1. The van der Waals surface area contributed by atoms with Gasteiger partial charge in [0, 0.05) is 17.0 Å². The van der Waals surface area contributed by atoms with Crippen LogP contribution in [-0.4, -0.2) is 27.1 Å². The zero-order chi connectivity index (χ0) is 17.6. The van der Waals surface area contributed by atoms with Crippen LogP contribution in [0.15, 0.2) is 22.9 Å². The third kappa shape index (κ3) is 3.31. The number of hydrogen-bond acceptors (Lipinski definition) is 5. The van der Waals surface area contributed by atoms with E-state index in [0.29, 0.717) is 16.5 Å².